The Balaban J connectivity index is 1.82. The van der Waals surface area contributed by atoms with E-state index >= 15 is 0 Å². The van der Waals surface area contributed by atoms with Crippen LogP contribution in [0.5, 0.6) is 0 Å². The predicted molar refractivity (Wildman–Crippen MR) is 72.9 cm³/mol. The zero-order valence-corrected chi connectivity index (χ0v) is 12.0. The Morgan fingerprint density at radius 3 is 2.90 bits per heavy atom. The van der Waals surface area contributed by atoms with E-state index in [0.29, 0.717) is 12.0 Å². The molecular weight excluding hydrogens is 276 g/mol. The van der Waals surface area contributed by atoms with Gasteiger partial charge < -0.3 is 9.47 Å². The molecule has 1 unspecified atom stereocenters. The molecule has 0 radical (unpaired) electrons. The molecule has 2 aliphatic rings. The normalized spacial score (nSPS) is 31.1. The van der Waals surface area contributed by atoms with Gasteiger partial charge in [0.1, 0.15) is 18.4 Å². The van der Waals surface area contributed by atoms with Gasteiger partial charge in [0.15, 0.2) is 0 Å². The van der Waals surface area contributed by atoms with E-state index < -0.39 is 11.9 Å². The molecule has 114 valence electrons. The quantitative estimate of drug-likeness (QED) is 0.801. The van der Waals surface area contributed by atoms with Crippen LogP contribution in [0.4, 0.5) is 0 Å². The molecule has 0 amide bonds. The Morgan fingerprint density at radius 2 is 2.19 bits per heavy atom. The molecule has 0 spiro atoms. The van der Waals surface area contributed by atoms with Crippen molar-refractivity contribution in [2.24, 2.45) is 5.92 Å². The topological polar surface area (TPSA) is 90.4 Å². The van der Waals surface area contributed by atoms with Crippen LogP contribution in [0.25, 0.3) is 0 Å². The van der Waals surface area contributed by atoms with E-state index in [1.54, 1.807) is 6.92 Å². The van der Waals surface area contributed by atoms with E-state index in [1.165, 1.54) is 17.7 Å². The second kappa shape index (κ2) is 5.14. The summed E-state index contributed by atoms with van der Waals surface area (Å²) in [4.78, 5) is 36.7. The lowest BCUT2D eigenvalue weighted by Gasteiger charge is -2.20. The number of aromatic amines is 1. The predicted octanol–water partition coefficient (Wildman–Crippen LogP) is 0.474. The highest BCUT2D eigenvalue weighted by atomic mass is 16.6. The molecule has 1 N–H and O–H groups in total. The van der Waals surface area contributed by atoms with Gasteiger partial charge in [-0.1, -0.05) is 0 Å². The fraction of sp³-hybridized carbons (Fsp3) is 0.643. The molecule has 1 saturated heterocycles. The summed E-state index contributed by atoms with van der Waals surface area (Å²) in [7, 11) is 0. The first-order valence-electron chi connectivity index (χ1n) is 7.10. The summed E-state index contributed by atoms with van der Waals surface area (Å²) < 4.78 is 12.6. The minimum Gasteiger partial charge on any atom is -0.460 e. The number of ether oxygens (including phenoxy) is 2. The zero-order valence-electron chi connectivity index (χ0n) is 12.0. The Hall–Kier alpha value is -1.89. The van der Waals surface area contributed by atoms with Gasteiger partial charge in [-0.05, 0) is 32.1 Å². The van der Waals surface area contributed by atoms with E-state index in [-0.39, 0.29) is 29.7 Å². The molecule has 7 nitrogen and oxygen atoms in total. The standard InChI is InChI=1S/C14H18N2O5/c1-7-6-16(14(19)15-13(7)18)11-5-9-3-4-10(12(9)21-11)20-8(2)17/h6,9-12H,3-5H2,1-2H3,(H,15,18,19)/t9-,10-,11?,12+/m1/s1. The van der Waals surface area contributed by atoms with Crippen LogP contribution >= 0.6 is 0 Å². The van der Waals surface area contributed by atoms with Gasteiger partial charge in [0.25, 0.3) is 5.56 Å². The maximum absolute atomic E-state index is 11.9. The van der Waals surface area contributed by atoms with Crippen molar-refractivity contribution < 1.29 is 14.3 Å². The van der Waals surface area contributed by atoms with E-state index in [9.17, 15) is 14.4 Å². The number of hydrogen-bond acceptors (Lipinski definition) is 5. The van der Waals surface area contributed by atoms with Crippen molar-refractivity contribution in [1.29, 1.82) is 0 Å². The van der Waals surface area contributed by atoms with Gasteiger partial charge in [-0.15, -0.1) is 0 Å². The summed E-state index contributed by atoms with van der Waals surface area (Å²) in [5, 5.41) is 0. The van der Waals surface area contributed by atoms with Crippen molar-refractivity contribution in [3.63, 3.8) is 0 Å². The lowest BCUT2D eigenvalue weighted by molar-refractivity contribution is -0.154. The first kappa shape index (κ1) is 14.1. The van der Waals surface area contributed by atoms with Crippen molar-refractivity contribution >= 4 is 5.97 Å². The molecule has 4 atom stereocenters. The number of rotatable bonds is 2. The van der Waals surface area contributed by atoms with Gasteiger partial charge in [0, 0.05) is 18.7 Å². The molecule has 1 aromatic rings. The summed E-state index contributed by atoms with van der Waals surface area (Å²) in [5.74, 6) is -0.0387. The van der Waals surface area contributed by atoms with Crippen molar-refractivity contribution in [2.45, 2.75) is 51.5 Å². The second-order valence-electron chi connectivity index (χ2n) is 5.76. The van der Waals surface area contributed by atoms with Crippen molar-refractivity contribution in [1.82, 2.24) is 9.55 Å². The molecular formula is C14H18N2O5. The van der Waals surface area contributed by atoms with Crippen LogP contribution in [-0.4, -0.2) is 27.7 Å². The second-order valence-corrected chi connectivity index (χ2v) is 5.76. The number of carbonyl (C=O) groups is 1. The maximum atomic E-state index is 11.9. The number of fused-ring (bicyclic) bond motifs is 1. The summed E-state index contributed by atoms with van der Waals surface area (Å²) in [6, 6.07) is 0. The maximum Gasteiger partial charge on any atom is 0.330 e. The molecule has 7 heteroatoms. The monoisotopic (exact) mass is 294 g/mol. The zero-order chi connectivity index (χ0) is 15.1. The average molecular weight is 294 g/mol. The minimum atomic E-state index is -0.473. The summed E-state index contributed by atoms with van der Waals surface area (Å²) >= 11 is 0. The van der Waals surface area contributed by atoms with Crippen LogP contribution in [0, 0.1) is 12.8 Å². The number of aromatic nitrogens is 2. The van der Waals surface area contributed by atoms with E-state index in [0.717, 1.165) is 12.8 Å². The number of nitrogens with zero attached hydrogens (tertiary/aromatic N) is 1. The van der Waals surface area contributed by atoms with Crippen LogP contribution < -0.4 is 11.2 Å². The number of H-pyrrole nitrogens is 1. The smallest absolute Gasteiger partial charge is 0.330 e. The molecule has 2 fully saturated rings. The molecule has 1 aliphatic heterocycles. The number of esters is 1. The third kappa shape index (κ3) is 2.53. The van der Waals surface area contributed by atoms with Gasteiger partial charge in [0.2, 0.25) is 0 Å². The third-order valence-corrected chi connectivity index (χ3v) is 4.25. The Morgan fingerprint density at radius 1 is 1.43 bits per heavy atom. The molecule has 2 heterocycles. The lowest BCUT2D eigenvalue weighted by atomic mass is 10.0. The van der Waals surface area contributed by atoms with E-state index in [1.807, 2.05) is 0 Å². The van der Waals surface area contributed by atoms with Crippen LogP contribution in [0.1, 0.15) is 38.0 Å². The van der Waals surface area contributed by atoms with E-state index in [2.05, 4.69) is 4.98 Å². The van der Waals surface area contributed by atoms with Crippen molar-refractivity contribution in [3.8, 4) is 0 Å². The van der Waals surface area contributed by atoms with Crippen molar-refractivity contribution in [2.75, 3.05) is 0 Å². The molecule has 1 saturated carbocycles. The highest BCUT2D eigenvalue weighted by Crippen LogP contribution is 2.43. The van der Waals surface area contributed by atoms with Crippen LogP contribution in [-0.2, 0) is 14.3 Å². The average Bonchev–Trinajstić information content (AvgIpc) is 2.95. The molecule has 21 heavy (non-hydrogen) atoms. The van der Waals surface area contributed by atoms with Gasteiger partial charge in [-0.25, -0.2) is 4.79 Å². The molecule has 0 aromatic carbocycles. The fourth-order valence-corrected chi connectivity index (χ4v) is 3.28. The van der Waals surface area contributed by atoms with Crippen LogP contribution in [0.2, 0.25) is 0 Å². The number of nitrogens with one attached hydrogen (secondary N) is 1. The number of hydrogen-bond donors (Lipinski definition) is 1. The highest BCUT2D eigenvalue weighted by Gasteiger charge is 2.46. The third-order valence-electron chi connectivity index (χ3n) is 4.25. The van der Waals surface area contributed by atoms with Gasteiger partial charge in [-0.2, -0.15) is 0 Å². The van der Waals surface area contributed by atoms with Gasteiger partial charge >= 0.3 is 11.7 Å². The summed E-state index contributed by atoms with van der Waals surface area (Å²) in [5.41, 5.74) is -0.390. The highest BCUT2D eigenvalue weighted by molar-refractivity contribution is 5.66. The lowest BCUT2D eigenvalue weighted by Crippen LogP contribution is -2.34. The van der Waals surface area contributed by atoms with Crippen LogP contribution in [0.15, 0.2) is 15.8 Å². The minimum absolute atomic E-state index is 0.168. The summed E-state index contributed by atoms with van der Waals surface area (Å²) in [6.45, 7) is 3.03. The van der Waals surface area contributed by atoms with Gasteiger partial charge in [0.05, 0.1) is 0 Å². The molecule has 1 aromatic heterocycles. The molecule has 3 rings (SSSR count). The Labute approximate surface area is 120 Å². The molecule has 0 bridgehead atoms. The number of aryl methyl sites for hydroxylation is 1. The van der Waals surface area contributed by atoms with Crippen LogP contribution in [0.3, 0.4) is 0 Å². The Kier molecular flexibility index (Phi) is 3.44. The molecule has 1 aliphatic carbocycles. The fourth-order valence-electron chi connectivity index (χ4n) is 3.28. The largest absolute Gasteiger partial charge is 0.460 e. The SMILES string of the molecule is CC(=O)O[C@@H]1CC[C@@H]2CC(n3cc(C)c(=O)[nH]c3=O)O[C@@H]21. The van der Waals surface area contributed by atoms with Gasteiger partial charge in [-0.3, -0.25) is 19.1 Å². The van der Waals surface area contributed by atoms with Crippen molar-refractivity contribution in [3.05, 3.63) is 32.6 Å². The first-order chi connectivity index (χ1) is 9.95. The first-order valence-corrected chi connectivity index (χ1v) is 7.10. The number of carbonyl (C=O) groups excluding carboxylic acids is 1. The summed E-state index contributed by atoms with van der Waals surface area (Å²) in [6.07, 6.45) is 3.09. The Bertz CT molecular complexity index is 677. The van der Waals surface area contributed by atoms with E-state index in [4.69, 9.17) is 9.47 Å².